The van der Waals surface area contributed by atoms with Crippen LogP contribution in [-0.2, 0) is 33.4 Å². The van der Waals surface area contributed by atoms with Gasteiger partial charge in [0.25, 0.3) is 0 Å². The van der Waals surface area contributed by atoms with E-state index in [1.807, 2.05) is 0 Å². The smallest absolute Gasteiger partial charge is 0.315 e. The van der Waals surface area contributed by atoms with Crippen LogP contribution in [0.2, 0.25) is 0 Å². The Hall–Kier alpha value is 1.60. The summed E-state index contributed by atoms with van der Waals surface area (Å²) in [4.78, 5) is 43.9. The molecule has 0 aromatic rings. The SMILES string of the molecule is CCC[N+](C)(C)CCC(=O)NCS.CCC[N+](C)(C)CCC(=O)OCS.CCC[N+](C)(C)CCCC(=O)CS.CCC[N+](C)(C)CCCNCS.CCC[N+](C)(C)CCCOCS.CCC[N+](C)(C)CCOC(=O)CS.Cl.Cl.Cl.Cl.[Cl-].[Cl-]. The van der Waals surface area contributed by atoms with Crippen LogP contribution in [0.5, 0.6) is 0 Å². The molecule has 0 fully saturated rings. The van der Waals surface area contributed by atoms with E-state index in [4.69, 9.17) is 14.2 Å². The molecule has 15 nitrogen and oxygen atoms in total. The van der Waals surface area contributed by atoms with E-state index in [-0.39, 0.29) is 110 Å². The fraction of sp³-hybridized carbons (Fsp3) is 0.927. The Labute approximate surface area is 576 Å². The van der Waals surface area contributed by atoms with Gasteiger partial charge in [-0.25, -0.2) is 0 Å². The predicted molar refractivity (Wildman–Crippen MR) is 377 cm³/mol. The van der Waals surface area contributed by atoms with Gasteiger partial charge in [-0.15, -0.1) is 62.3 Å². The first-order valence-electron chi connectivity index (χ1n) is 28.3. The third kappa shape index (κ3) is 92.8. The molecule has 0 aliphatic heterocycles. The van der Waals surface area contributed by atoms with Gasteiger partial charge in [0.2, 0.25) is 5.91 Å². The van der Waals surface area contributed by atoms with Crippen LogP contribution in [0, 0.1) is 0 Å². The third-order valence-corrected chi connectivity index (χ3v) is 13.5. The zero-order valence-electron chi connectivity index (χ0n) is 54.9. The summed E-state index contributed by atoms with van der Waals surface area (Å²) in [7, 11) is 26.4. The lowest BCUT2D eigenvalue weighted by Crippen LogP contribution is -3.00. The van der Waals surface area contributed by atoms with Crippen LogP contribution in [0.4, 0.5) is 0 Å². The average molecular weight is 1420 g/mol. The number of likely N-dealkylation sites (N-methyl/N-ethyl adjacent to an activating group) is 1. The minimum absolute atomic E-state index is 0. The Bertz CT molecular complexity index is 1290. The van der Waals surface area contributed by atoms with Crippen LogP contribution in [0.3, 0.4) is 0 Å². The maximum absolute atomic E-state index is 11.1. The molecule has 0 spiro atoms. The Morgan fingerprint density at radius 2 is 0.744 bits per heavy atom. The van der Waals surface area contributed by atoms with Crippen molar-refractivity contribution in [1.82, 2.24) is 10.6 Å². The summed E-state index contributed by atoms with van der Waals surface area (Å²) in [5.74, 6) is 2.47. The molecule has 1 amide bonds. The summed E-state index contributed by atoms with van der Waals surface area (Å²) < 4.78 is 20.8. The summed E-state index contributed by atoms with van der Waals surface area (Å²) in [6.45, 7) is 28.7. The van der Waals surface area contributed by atoms with Gasteiger partial charge < -0.3 is 76.6 Å². The summed E-state index contributed by atoms with van der Waals surface area (Å²) in [5, 5.41) is 5.89. The molecule has 0 rings (SSSR count). The number of thiol groups is 6. The lowest BCUT2D eigenvalue weighted by atomic mass is 10.2. The van der Waals surface area contributed by atoms with Crippen molar-refractivity contribution in [2.24, 2.45) is 0 Å². The van der Waals surface area contributed by atoms with E-state index in [0.29, 0.717) is 43.4 Å². The van der Waals surface area contributed by atoms with Gasteiger partial charge in [0.1, 0.15) is 24.9 Å². The zero-order valence-corrected chi connectivity index (χ0v) is 65.1. The summed E-state index contributed by atoms with van der Waals surface area (Å²) >= 11 is 23.6. The van der Waals surface area contributed by atoms with Crippen LogP contribution in [0.15, 0.2) is 0 Å². The monoisotopic (exact) mass is 1420 g/mol. The molecular formula is C55H132Cl6N8O7S6+4. The second-order valence-corrected chi connectivity index (χ2v) is 25.1. The van der Waals surface area contributed by atoms with Crippen molar-refractivity contribution in [2.75, 3.05) is 218 Å². The van der Waals surface area contributed by atoms with E-state index in [9.17, 15) is 19.2 Å². The maximum Gasteiger partial charge on any atom is 0.315 e. The molecule has 82 heavy (non-hydrogen) atoms. The predicted octanol–water partition coefficient (Wildman–Crippen LogP) is 3.66. The minimum Gasteiger partial charge on any atom is -1.00 e. The number of nitrogens with zero attached hydrogens (tertiary/aromatic N) is 6. The number of halogens is 6. The number of hydrogen-bond donors (Lipinski definition) is 8. The number of ketones is 1. The number of carbonyl (C=O) groups excluding carboxylic acids is 4. The second kappa shape index (κ2) is 71.7. The van der Waals surface area contributed by atoms with E-state index < -0.39 is 0 Å². The summed E-state index contributed by atoms with van der Waals surface area (Å²) in [6.07, 6.45) is 12.3. The van der Waals surface area contributed by atoms with Gasteiger partial charge in [-0.05, 0) is 38.5 Å². The number of rotatable bonds is 39. The van der Waals surface area contributed by atoms with Gasteiger partial charge in [-0.2, -0.15) is 63.1 Å². The molecule has 0 bridgehead atoms. The Kier molecular flexibility index (Phi) is 97.2. The lowest BCUT2D eigenvalue weighted by molar-refractivity contribution is -0.890. The van der Waals surface area contributed by atoms with E-state index in [1.165, 1.54) is 58.4 Å². The van der Waals surface area contributed by atoms with Crippen molar-refractivity contribution in [1.29, 1.82) is 0 Å². The quantitative estimate of drug-likeness (QED) is 0.0155. The van der Waals surface area contributed by atoms with Crippen molar-refractivity contribution in [3.8, 4) is 0 Å². The second-order valence-electron chi connectivity index (χ2n) is 23.3. The number of quaternary nitrogens is 6. The molecule has 0 atom stereocenters. The number of amides is 1. The fourth-order valence-corrected chi connectivity index (χ4v) is 8.88. The van der Waals surface area contributed by atoms with E-state index in [2.05, 4.69) is 213 Å². The number of esters is 2. The van der Waals surface area contributed by atoms with Crippen LogP contribution in [-0.4, -0.2) is 269 Å². The topological polar surface area (TPSA) is 120 Å². The summed E-state index contributed by atoms with van der Waals surface area (Å²) in [5.41, 5.74) is 0. The normalized spacial score (nSPS) is 10.8. The molecule has 0 radical (unpaired) electrons. The van der Waals surface area contributed by atoms with Crippen molar-refractivity contribution < 1.29 is 85.1 Å². The van der Waals surface area contributed by atoms with Crippen molar-refractivity contribution in [3.05, 3.63) is 0 Å². The van der Waals surface area contributed by atoms with Crippen LogP contribution in [0.25, 0.3) is 0 Å². The third-order valence-electron chi connectivity index (χ3n) is 12.2. The minimum atomic E-state index is -0.236. The maximum atomic E-state index is 11.1. The zero-order chi connectivity index (χ0) is 60.2. The first-order valence-corrected chi connectivity index (χ1v) is 32.1. The molecular weight excluding hydrogens is 1290 g/mol. The van der Waals surface area contributed by atoms with E-state index in [0.717, 1.165) is 124 Å². The molecule has 0 aliphatic carbocycles. The molecule has 2 N–H and O–H groups in total. The average Bonchev–Trinajstić information content (AvgIpc) is 3.31. The van der Waals surface area contributed by atoms with Crippen molar-refractivity contribution in [3.63, 3.8) is 0 Å². The number of ether oxygens (including phenoxy) is 3. The van der Waals surface area contributed by atoms with Crippen molar-refractivity contribution >= 4 is 149 Å². The van der Waals surface area contributed by atoms with Gasteiger partial charge in [-0.3, -0.25) is 19.2 Å². The number of carbonyl (C=O) groups is 4. The van der Waals surface area contributed by atoms with Gasteiger partial charge in [0.05, 0.1) is 194 Å². The first kappa shape index (κ1) is 111. The molecule has 0 heterocycles. The highest BCUT2D eigenvalue weighted by molar-refractivity contribution is 7.81. The van der Waals surface area contributed by atoms with Crippen LogP contribution in [0.1, 0.15) is 119 Å². The van der Waals surface area contributed by atoms with Crippen LogP contribution < -0.4 is 35.4 Å². The number of hydrogen-bond acceptors (Lipinski definition) is 14. The highest BCUT2D eigenvalue weighted by Gasteiger charge is 2.18. The standard InChI is InChI=1S/C10H21NOS.C9H20N2OS.C9H22N2S.2C9H19NO2S.C9H21NOS.6ClH/c1-4-7-11(2,3)8-5-6-10(12)9-13;1-4-6-11(2,3)7-5-9(12)10-8-13;1-4-7-11(2,3)8-5-6-10-9-12;1-4-6-10(2,3)7-5-9(11)12-8-13;1-4-5-10(2,3)6-7-12-9(11)8-13;1-4-6-10(2,3)7-5-8-11-9-12;;;;;;/h4-9H2,1-3H3;4-8H2,1-3H3,(H-,10,12,13);10H,4-9H2,1-3H3;2*4-8H2,1-3H3;4-9H2,1-3H3;6*1H/p+4. The van der Waals surface area contributed by atoms with E-state index >= 15 is 0 Å². The van der Waals surface area contributed by atoms with Gasteiger partial charge in [-0.1, -0.05) is 41.5 Å². The van der Waals surface area contributed by atoms with Gasteiger partial charge in [0.15, 0.2) is 0 Å². The molecule has 508 valence electrons. The molecule has 0 aliphatic rings. The Morgan fingerprint density at radius 3 is 1.09 bits per heavy atom. The number of Topliss-reactive ketones (excluding diaryl/α,β-unsaturated/α-hetero) is 1. The first-order chi connectivity index (χ1) is 35.3. The van der Waals surface area contributed by atoms with Crippen molar-refractivity contribution in [2.45, 2.75) is 119 Å². The largest absolute Gasteiger partial charge is 1.00 e. The molecule has 0 saturated heterocycles. The van der Waals surface area contributed by atoms with Crippen LogP contribution >= 0.6 is 125 Å². The highest BCUT2D eigenvalue weighted by Crippen LogP contribution is 2.06. The summed E-state index contributed by atoms with van der Waals surface area (Å²) in [6, 6.07) is 0. The number of nitrogens with one attached hydrogen (secondary N) is 2. The molecule has 0 aromatic carbocycles. The van der Waals surface area contributed by atoms with Gasteiger partial charge in [0, 0.05) is 43.9 Å². The fourth-order valence-electron chi connectivity index (χ4n) is 8.03. The lowest BCUT2D eigenvalue weighted by Gasteiger charge is -2.29. The Balaban J connectivity index is -0.0000000707. The molecule has 0 saturated carbocycles. The molecule has 0 unspecified atom stereocenters. The van der Waals surface area contributed by atoms with E-state index in [1.54, 1.807) is 0 Å². The molecule has 27 heteroatoms. The molecule has 0 aromatic heterocycles. The van der Waals surface area contributed by atoms with Gasteiger partial charge >= 0.3 is 11.9 Å². The Morgan fingerprint density at radius 1 is 0.378 bits per heavy atom. The highest BCUT2D eigenvalue weighted by atomic mass is 35.5.